The Morgan fingerprint density at radius 2 is 1.86 bits per heavy atom. The predicted molar refractivity (Wildman–Crippen MR) is 62.9 cm³/mol. The van der Waals surface area contributed by atoms with E-state index in [-0.39, 0.29) is 5.54 Å². The van der Waals surface area contributed by atoms with Crippen molar-refractivity contribution in [2.24, 2.45) is 5.73 Å². The van der Waals surface area contributed by atoms with Gasteiger partial charge in [0.05, 0.1) is 0 Å². The Hall–Kier alpha value is -0.530. The summed E-state index contributed by atoms with van der Waals surface area (Å²) in [4.78, 5) is 0. The van der Waals surface area contributed by atoms with E-state index in [1.807, 2.05) is 26.0 Å². The van der Waals surface area contributed by atoms with Crippen molar-refractivity contribution < 1.29 is 0 Å². The van der Waals surface area contributed by atoms with E-state index in [0.29, 0.717) is 0 Å². The molecule has 0 aromatic heterocycles. The summed E-state index contributed by atoms with van der Waals surface area (Å²) < 4.78 is 0. The average Bonchev–Trinajstić information content (AvgIpc) is 2.04. The molecule has 1 nitrogen and oxygen atoms in total. The zero-order chi connectivity index (χ0) is 10.9. The molecule has 0 bridgehead atoms. The molecule has 0 radical (unpaired) electrons. The number of hydrogen-bond acceptors (Lipinski definition) is 1. The lowest BCUT2D eigenvalue weighted by Crippen LogP contribution is -2.34. The Labute approximate surface area is 91.3 Å². The highest BCUT2D eigenvalue weighted by atomic mass is 35.5. The van der Waals surface area contributed by atoms with Crippen LogP contribution in [-0.2, 0) is 6.42 Å². The molecule has 78 valence electrons. The summed E-state index contributed by atoms with van der Waals surface area (Å²) in [6, 6.07) is 4.00. The third-order valence-corrected chi connectivity index (χ3v) is 2.80. The summed E-state index contributed by atoms with van der Waals surface area (Å²) in [5, 5.41) is 0.826. The highest BCUT2D eigenvalue weighted by Gasteiger charge is 2.16. The molecule has 0 heterocycles. The summed E-state index contributed by atoms with van der Waals surface area (Å²) in [6.45, 7) is 8.23. The van der Waals surface area contributed by atoms with Gasteiger partial charge in [-0.2, -0.15) is 0 Å². The zero-order valence-corrected chi connectivity index (χ0v) is 10.1. The van der Waals surface area contributed by atoms with E-state index in [4.69, 9.17) is 17.3 Å². The van der Waals surface area contributed by atoms with Crippen molar-refractivity contribution in [2.45, 2.75) is 39.7 Å². The lowest BCUT2D eigenvalue weighted by atomic mass is 9.91. The second-order valence-corrected chi connectivity index (χ2v) is 5.04. The molecule has 14 heavy (non-hydrogen) atoms. The van der Waals surface area contributed by atoms with Crippen molar-refractivity contribution in [1.82, 2.24) is 0 Å². The Morgan fingerprint density at radius 3 is 2.36 bits per heavy atom. The maximum absolute atomic E-state index is 6.15. The molecule has 0 aliphatic heterocycles. The van der Waals surface area contributed by atoms with E-state index >= 15 is 0 Å². The average molecular weight is 212 g/mol. The van der Waals surface area contributed by atoms with E-state index in [1.54, 1.807) is 0 Å². The molecule has 1 rings (SSSR count). The van der Waals surface area contributed by atoms with Gasteiger partial charge in [-0.3, -0.25) is 0 Å². The summed E-state index contributed by atoms with van der Waals surface area (Å²) in [7, 11) is 0. The van der Waals surface area contributed by atoms with Crippen LogP contribution in [0.25, 0.3) is 0 Å². The van der Waals surface area contributed by atoms with Gasteiger partial charge in [-0.25, -0.2) is 0 Å². The van der Waals surface area contributed by atoms with Gasteiger partial charge in [-0.1, -0.05) is 17.7 Å². The molecular weight excluding hydrogens is 194 g/mol. The molecule has 0 amide bonds. The molecule has 1 aromatic rings. The van der Waals surface area contributed by atoms with Crippen LogP contribution in [0.5, 0.6) is 0 Å². The van der Waals surface area contributed by atoms with E-state index in [1.165, 1.54) is 16.7 Å². The van der Waals surface area contributed by atoms with Crippen LogP contribution in [0.15, 0.2) is 12.1 Å². The molecule has 1 aromatic carbocycles. The van der Waals surface area contributed by atoms with Crippen molar-refractivity contribution >= 4 is 11.6 Å². The molecule has 0 aliphatic rings. The number of halogens is 1. The van der Waals surface area contributed by atoms with Gasteiger partial charge in [0.1, 0.15) is 0 Å². The first-order valence-electron chi connectivity index (χ1n) is 4.85. The number of aryl methyl sites for hydroxylation is 1. The van der Waals surface area contributed by atoms with Gasteiger partial charge in [0.2, 0.25) is 0 Å². The van der Waals surface area contributed by atoms with E-state index in [9.17, 15) is 0 Å². The Balaban J connectivity index is 3.13. The second kappa shape index (κ2) is 3.92. The fourth-order valence-corrected chi connectivity index (χ4v) is 1.79. The van der Waals surface area contributed by atoms with Crippen LogP contribution in [0.3, 0.4) is 0 Å². The lowest BCUT2D eigenvalue weighted by Gasteiger charge is -2.21. The largest absolute Gasteiger partial charge is 0.325 e. The molecule has 0 aliphatic carbocycles. The van der Waals surface area contributed by atoms with Crippen molar-refractivity contribution in [3.05, 3.63) is 33.8 Å². The molecule has 0 fully saturated rings. The van der Waals surface area contributed by atoms with Gasteiger partial charge in [0, 0.05) is 10.6 Å². The van der Waals surface area contributed by atoms with E-state index in [0.717, 1.165) is 11.4 Å². The maximum Gasteiger partial charge on any atom is 0.0441 e. The summed E-state index contributed by atoms with van der Waals surface area (Å²) in [6.07, 6.45) is 0.819. The summed E-state index contributed by atoms with van der Waals surface area (Å²) >= 11 is 6.15. The molecule has 0 spiro atoms. The number of rotatable bonds is 2. The third-order valence-electron chi connectivity index (χ3n) is 2.44. The smallest absolute Gasteiger partial charge is 0.0441 e. The maximum atomic E-state index is 6.15. The van der Waals surface area contributed by atoms with Crippen LogP contribution in [0.1, 0.15) is 30.5 Å². The van der Waals surface area contributed by atoms with Gasteiger partial charge < -0.3 is 5.73 Å². The summed E-state index contributed by atoms with van der Waals surface area (Å²) in [5.74, 6) is 0. The first-order chi connectivity index (χ1) is 6.31. The Kier molecular flexibility index (Phi) is 3.23. The van der Waals surface area contributed by atoms with Crippen LogP contribution >= 0.6 is 11.6 Å². The minimum absolute atomic E-state index is 0.206. The lowest BCUT2D eigenvalue weighted by molar-refractivity contribution is 0.515. The molecule has 0 saturated carbocycles. The van der Waals surface area contributed by atoms with Gasteiger partial charge in [0.15, 0.2) is 0 Å². The topological polar surface area (TPSA) is 26.0 Å². The van der Waals surface area contributed by atoms with Gasteiger partial charge in [-0.15, -0.1) is 0 Å². The number of nitrogens with two attached hydrogens (primary N) is 1. The van der Waals surface area contributed by atoms with Crippen LogP contribution in [-0.4, -0.2) is 5.54 Å². The first-order valence-corrected chi connectivity index (χ1v) is 5.22. The minimum Gasteiger partial charge on any atom is -0.325 e. The molecular formula is C12H18ClN. The summed E-state index contributed by atoms with van der Waals surface area (Å²) in [5.41, 5.74) is 9.50. The fraction of sp³-hybridized carbons (Fsp3) is 0.500. The Bertz CT molecular complexity index is 337. The van der Waals surface area contributed by atoms with Crippen LogP contribution in [0.4, 0.5) is 0 Å². The van der Waals surface area contributed by atoms with E-state index < -0.39 is 0 Å². The molecule has 2 N–H and O–H groups in total. The monoisotopic (exact) mass is 211 g/mol. The van der Waals surface area contributed by atoms with Crippen molar-refractivity contribution in [2.75, 3.05) is 0 Å². The van der Waals surface area contributed by atoms with Crippen molar-refractivity contribution in [3.8, 4) is 0 Å². The second-order valence-electron chi connectivity index (χ2n) is 4.63. The van der Waals surface area contributed by atoms with E-state index in [2.05, 4.69) is 13.8 Å². The van der Waals surface area contributed by atoms with Crippen molar-refractivity contribution in [3.63, 3.8) is 0 Å². The highest BCUT2D eigenvalue weighted by molar-refractivity contribution is 6.31. The quantitative estimate of drug-likeness (QED) is 0.799. The zero-order valence-electron chi connectivity index (χ0n) is 9.32. The normalized spacial score (nSPS) is 11.9. The predicted octanol–water partition coefficient (Wildman–Crippen LogP) is 3.24. The molecule has 2 heteroatoms. The molecule has 0 saturated heterocycles. The highest BCUT2D eigenvalue weighted by Crippen LogP contribution is 2.25. The minimum atomic E-state index is -0.206. The van der Waals surface area contributed by atoms with Crippen LogP contribution < -0.4 is 5.73 Å². The van der Waals surface area contributed by atoms with Gasteiger partial charge in [0.25, 0.3) is 0 Å². The molecule has 0 unspecified atom stereocenters. The van der Waals surface area contributed by atoms with Crippen LogP contribution in [0.2, 0.25) is 5.02 Å². The van der Waals surface area contributed by atoms with Gasteiger partial charge >= 0.3 is 0 Å². The number of benzene rings is 1. The van der Waals surface area contributed by atoms with Gasteiger partial charge in [-0.05, 0) is 56.9 Å². The van der Waals surface area contributed by atoms with Crippen molar-refractivity contribution in [1.29, 1.82) is 0 Å². The molecule has 0 atom stereocenters. The SMILES string of the molecule is Cc1ccc(Cl)c(CC(C)(C)N)c1C. The van der Waals surface area contributed by atoms with Crippen LogP contribution in [0, 0.1) is 13.8 Å². The third kappa shape index (κ3) is 2.73. The number of hydrogen-bond donors (Lipinski definition) is 1. The Morgan fingerprint density at radius 1 is 1.29 bits per heavy atom. The standard InChI is InChI=1S/C12H18ClN/c1-8-5-6-11(13)10(9(8)2)7-12(3,4)14/h5-6H,7,14H2,1-4H3. The first kappa shape index (κ1) is 11.5. The fourth-order valence-electron chi connectivity index (χ4n) is 1.51.